The van der Waals surface area contributed by atoms with Gasteiger partial charge in [0.2, 0.25) is 11.6 Å². The molecule has 17 heavy (non-hydrogen) atoms. The second-order valence-corrected chi connectivity index (χ2v) is 3.43. The first-order chi connectivity index (χ1) is 8.10. The highest BCUT2D eigenvalue weighted by Gasteiger charge is 2.22. The Bertz CT molecular complexity index is 398. The van der Waals surface area contributed by atoms with E-state index in [1.807, 2.05) is 6.92 Å². The zero-order valence-electron chi connectivity index (χ0n) is 9.93. The number of nitrogens with one attached hydrogen (secondary N) is 2. The fraction of sp³-hybridized carbons (Fsp3) is 0.556. The third-order valence-electron chi connectivity index (χ3n) is 2.04. The van der Waals surface area contributed by atoms with Gasteiger partial charge in [-0.25, -0.2) is 9.97 Å². The van der Waals surface area contributed by atoms with Gasteiger partial charge < -0.3 is 15.4 Å². The van der Waals surface area contributed by atoms with E-state index in [1.165, 1.54) is 6.33 Å². The van der Waals surface area contributed by atoms with Crippen LogP contribution in [0.4, 0.5) is 17.3 Å². The first kappa shape index (κ1) is 13.1. The molecule has 1 atom stereocenters. The molecule has 0 radical (unpaired) electrons. The molecule has 0 spiro atoms. The summed E-state index contributed by atoms with van der Waals surface area (Å²) in [6.07, 6.45) is 1.26. The highest BCUT2D eigenvalue weighted by molar-refractivity contribution is 5.69. The highest BCUT2D eigenvalue weighted by atomic mass is 16.6. The lowest BCUT2D eigenvalue weighted by Crippen LogP contribution is -2.22. The first-order valence-electron chi connectivity index (χ1n) is 5.02. The van der Waals surface area contributed by atoms with Crippen molar-refractivity contribution in [1.82, 2.24) is 9.97 Å². The van der Waals surface area contributed by atoms with E-state index >= 15 is 0 Å². The molecule has 94 valence electrons. The molecular weight excluding hydrogens is 226 g/mol. The van der Waals surface area contributed by atoms with E-state index in [0.29, 0.717) is 6.61 Å². The van der Waals surface area contributed by atoms with Crippen LogP contribution in [-0.4, -0.2) is 41.7 Å². The van der Waals surface area contributed by atoms with Gasteiger partial charge in [0.05, 0.1) is 11.5 Å². The average Bonchev–Trinajstić information content (AvgIpc) is 2.28. The van der Waals surface area contributed by atoms with Gasteiger partial charge in [-0.05, 0) is 6.92 Å². The fourth-order valence-corrected chi connectivity index (χ4v) is 1.37. The average molecular weight is 241 g/mol. The van der Waals surface area contributed by atoms with Gasteiger partial charge in [-0.15, -0.1) is 0 Å². The van der Waals surface area contributed by atoms with Crippen LogP contribution in [0.25, 0.3) is 0 Å². The highest BCUT2D eigenvalue weighted by Crippen LogP contribution is 2.28. The van der Waals surface area contributed by atoms with Crippen LogP contribution in [0, 0.1) is 10.1 Å². The molecule has 2 N–H and O–H groups in total. The monoisotopic (exact) mass is 241 g/mol. The van der Waals surface area contributed by atoms with Gasteiger partial charge in [0, 0.05) is 20.2 Å². The molecule has 0 amide bonds. The van der Waals surface area contributed by atoms with E-state index in [1.54, 1.807) is 14.2 Å². The summed E-state index contributed by atoms with van der Waals surface area (Å²) < 4.78 is 4.94. The molecule has 0 aromatic carbocycles. The number of nitro groups is 1. The molecule has 0 saturated carbocycles. The Labute approximate surface area is 98.6 Å². The van der Waals surface area contributed by atoms with Crippen LogP contribution >= 0.6 is 0 Å². The van der Waals surface area contributed by atoms with E-state index in [-0.39, 0.29) is 23.4 Å². The summed E-state index contributed by atoms with van der Waals surface area (Å²) in [5, 5.41) is 16.5. The SMILES string of the molecule is CNc1ncnc(NC(C)COC)c1[N+](=O)[O-]. The Morgan fingerprint density at radius 2 is 2.18 bits per heavy atom. The lowest BCUT2D eigenvalue weighted by molar-refractivity contribution is -0.383. The minimum atomic E-state index is -0.520. The van der Waals surface area contributed by atoms with Crippen LogP contribution < -0.4 is 10.6 Å². The van der Waals surface area contributed by atoms with Crippen molar-refractivity contribution in [2.75, 3.05) is 31.4 Å². The van der Waals surface area contributed by atoms with Gasteiger partial charge in [-0.3, -0.25) is 10.1 Å². The molecule has 0 bridgehead atoms. The van der Waals surface area contributed by atoms with E-state index in [9.17, 15) is 10.1 Å². The lowest BCUT2D eigenvalue weighted by atomic mass is 10.3. The minimum absolute atomic E-state index is 0.0849. The van der Waals surface area contributed by atoms with E-state index in [2.05, 4.69) is 20.6 Å². The quantitative estimate of drug-likeness (QED) is 0.562. The second kappa shape index (κ2) is 5.94. The van der Waals surface area contributed by atoms with Crippen LogP contribution in [0.15, 0.2) is 6.33 Å². The molecule has 0 aliphatic rings. The summed E-state index contributed by atoms with van der Waals surface area (Å²) in [4.78, 5) is 18.1. The topological polar surface area (TPSA) is 102 Å². The Kier molecular flexibility index (Phi) is 4.58. The Balaban J connectivity index is 3.02. The van der Waals surface area contributed by atoms with Crippen molar-refractivity contribution in [3.63, 3.8) is 0 Å². The van der Waals surface area contributed by atoms with Crippen molar-refractivity contribution < 1.29 is 9.66 Å². The number of anilines is 2. The van der Waals surface area contributed by atoms with Crippen molar-refractivity contribution in [2.45, 2.75) is 13.0 Å². The zero-order chi connectivity index (χ0) is 12.8. The fourth-order valence-electron chi connectivity index (χ4n) is 1.37. The smallest absolute Gasteiger partial charge is 0.353 e. The zero-order valence-corrected chi connectivity index (χ0v) is 9.93. The Morgan fingerprint density at radius 3 is 2.71 bits per heavy atom. The van der Waals surface area contributed by atoms with Crippen LogP contribution in [0.5, 0.6) is 0 Å². The molecular formula is C9H15N5O3. The molecule has 1 aromatic rings. The normalized spacial score (nSPS) is 11.9. The van der Waals surface area contributed by atoms with Crippen molar-refractivity contribution in [2.24, 2.45) is 0 Å². The molecule has 1 heterocycles. The third kappa shape index (κ3) is 3.25. The van der Waals surface area contributed by atoms with Crippen molar-refractivity contribution in [3.05, 3.63) is 16.4 Å². The number of hydrogen-bond donors (Lipinski definition) is 2. The van der Waals surface area contributed by atoms with Crippen molar-refractivity contribution >= 4 is 17.3 Å². The van der Waals surface area contributed by atoms with Gasteiger partial charge in [0.1, 0.15) is 6.33 Å². The second-order valence-electron chi connectivity index (χ2n) is 3.43. The molecule has 0 aliphatic heterocycles. The summed E-state index contributed by atoms with van der Waals surface area (Å²) >= 11 is 0. The number of aromatic nitrogens is 2. The largest absolute Gasteiger partial charge is 0.383 e. The van der Waals surface area contributed by atoms with Crippen molar-refractivity contribution in [3.8, 4) is 0 Å². The summed E-state index contributed by atoms with van der Waals surface area (Å²) in [5.41, 5.74) is -0.169. The van der Waals surface area contributed by atoms with Gasteiger partial charge in [0.15, 0.2) is 0 Å². The Morgan fingerprint density at radius 1 is 1.53 bits per heavy atom. The van der Waals surface area contributed by atoms with Crippen molar-refractivity contribution in [1.29, 1.82) is 0 Å². The number of hydrogen-bond acceptors (Lipinski definition) is 7. The Hall–Kier alpha value is -1.96. The molecule has 1 rings (SSSR count). The van der Waals surface area contributed by atoms with E-state index < -0.39 is 4.92 Å². The van der Waals surface area contributed by atoms with Crippen LogP contribution in [-0.2, 0) is 4.74 Å². The van der Waals surface area contributed by atoms with Crippen LogP contribution in [0.2, 0.25) is 0 Å². The standard InChI is InChI=1S/C9H15N5O3/c1-6(4-17-3)13-9-7(14(15)16)8(10-2)11-5-12-9/h5-6H,4H2,1-3H3,(H2,10,11,12,13). The molecule has 0 aliphatic carbocycles. The first-order valence-corrected chi connectivity index (χ1v) is 5.02. The number of rotatable bonds is 6. The van der Waals surface area contributed by atoms with Gasteiger partial charge >= 0.3 is 5.69 Å². The predicted octanol–water partition coefficient (Wildman–Crippen LogP) is 0.873. The predicted molar refractivity (Wildman–Crippen MR) is 63.2 cm³/mol. The maximum Gasteiger partial charge on any atom is 0.353 e. The van der Waals surface area contributed by atoms with Gasteiger partial charge in [-0.2, -0.15) is 0 Å². The third-order valence-corrected chi connectivity index (χ3v) is 2.04. The van der Waals surface area contributed by atoms with Crippen LogP contribution in [0.3, 0.4) is 0 Å². The number of nitrogens with zero attached hydrogens (tertiary/aromatic N) is 3. The van der Waals surface area contributed by atoms with E-state index in [4.69, 9.17) is 4.74 Å². The summed E-state index contributed by atoms with van der Waals surface area (Å²) in [5.74, 6) is 0.357. The van der Waals surface area contributed by atoms with Gasteiger partial charge in [0.25, 0.3) is 0 Å². The molecule has 1 unspecified atom stereocenters. The number of ether oxygens (including phenoxy) is 1. The molecule has 8 nitrogen and oxygen atoms in total. The molecule has 0 saturated heterocycles. The lowest BCUT2D eigenvalue weighted by Gasteiger charge is -2.13. The number of methoxy groups -OCH3 is 1. The maximum atomic E-state index is 11.0. The van der Waals surface area contributed by atoms with E-state index in [0.717, 1.165) is 0 Å². The summed E-state index contributed by atoms with van der Waals surface area (Å²) in [6.45, 7) is 2.27. The maximum absolute atomic E-state index is 11.0. The minimum Gasteiger partial charge on any atom is -0.383 e. The van der Waals surface area contributed by atoms with Gasteiger partial charge in [-0.1, -0.05) is 0 Å². The summed E-state index contributed by atoms with van der Waals surface area (Å²) in [7, 11) is 3.13. The molecule has 1 aromatic heterocycles. The molecule has 0 fully saturated rings. The molecule has 8 heteroatoms. The summed E-state index contributed by atoms with van der Waals surface area (Å²) in [6, 6.07) is -0.0849. The van der Waals surface area contributed by atoms with Crippen LogP contribution in [0.1, 0.15) is 6.92 Å².